The predicted molar refractivity (Wildman–Crippen MR) is 74.3 cm³/mol. The van der Waals surface area contributed by atoms with Crippen LogP contribution in [0.15, 0.2) is 0 Å². The highest BCUT2D eigenvalue weighted by Gasteiger charge is 2.22. The van der Waals surface area contributed by atoms with Crippen molar-refractivity contribution in [2.24, 2.45) is 5.92 Å². The highest BCUT2D eigenvalue weighted by molar-refractivity contribution is 4.81. The van der Waals surface area contributed by atoms with Crippen molar-refractivity contribution in [2.45, 2.75) is 70.4 Å². The molecule has 100 valence electrons. The highest BCUT2D eigenvalue weighted by Crippen LogP contribution is 2.28. The summed E-state index contributed by atoms with van der Waals surface area (Å²) in [5.41, 5.74) is 0. The molecule has 1 aliphatic heterocycles. The van der Waals surface area contributed by atoms with E-state index >= 15 is 0 Å². The Morgan fingerprint density at radius 2 is 1.94 bits per heavy atom. The molecule has 1 saturated heterocycles. The van der Waals surface area contributed by atoms with Gasteiger partial charge in [-0.3, -0.25) is 0 Å². The average molecular weight is 238 g/mol. The van der Waals surface area contributed by atoms with Crippen LogP contribution in [0.25, 0.3) is 0 Å². The zero-order valence-electron chi connectivity index (χ0n) is 11.8. The summed E-state index contributed by atoms with van der Waals surface area (Å²) >= 11 is 0. The van der Waals surface area contributed by atoms with Crippen LogP contribution >= 0.6 is 0 Å². The molecule has 2 atom stereocenters. The molecule has 2 heteroatoms. The zero-order valence-corrected chi connectivity index (χ0v) is 11.8. The Morgan fingerprint density at radius 1 is 1.18 bits per heavy atom. The van der Waals surface area contributed by atoms with Gasteiger partial charge in [0.15, 0.2) is 0 Å². The van der Waals surface area contributed by atoms with Gasteiger partial charge in [-0.15, -0.1) is 0 Å². The lowest BCUT2D eigenvalue weighted by Gasteiger charge is -2.35. The molecule has 2 nitrogen and oxygen atoms in total. The quantitative estimate of drug-likeness (QED) is 0.741. The third-order valence-electron chi connectivity index (χ3n) is 4.91. The van der Waals surface area contributed by atoms with Crippen LogP contribution in [-0.4, -0.2) is 37.1 Å². The summed E-state index contributed by atoms with van der Waals surface area (Å²) in [4.78, 5) is 2.48. The van der Waals surface area contributed by atoms with Crippen molar-refractivity contribution in [1.82, 2.24) is 10.2 Å². The number of rotatable bonds is 5. The van der Waals surface area contributed by atoms with Crippen molar-refractivity contribution >= 4 is 0 Å². The Labute approximate surface area is 107 Å². The average Bonchev–Trinajstić information content (AvgIpc) is 2.82. The minimum atomic E-state index is 0.760. The fourth-order valence-electron chi connectivity index (χ4n) is 3.47. The summed E-state index contributed by atoms with van der Waals surface area (Å²) in [6.45, 7) is 4.87. The van der Waals surface area contributed by atoms with Gasteiger partial charge in [-0.25, -0.2) is 0 Å². The maximum Gasteiger partial charge on any atom is 0.00940 e. The normalized spacial score (nSPS) is 32.1. The van der Waals surface area contributed by atoms with Crippen molar-refractivity contribution in [3.05, 3.63) is 0 Å². The summed E-state index contributed by atoms with van der Waals surface area (Å²) in [7, 11) is 2.25. The smallest absolute Gasteiger partial charge is 0.00940 e. The second-order valence-corrected chi connectivity index (χ2v) is 6.30. The molecule has 1 aliphatic carbocycles. The number of nitrogens with zero attached hydrogens (tertiary/aromatic N) is 1. The Bertz CT molecular complexity index is 211. The lowest BCUT2D eigenvalue weighted by molar-refractivity contribution is 0.168. The summed E-state index contributed by atoms with van der Waals surface area (Å²) in [5, 5.41) is 3.77. The van der Waals surface area contributed by atoms with E-state index in [1.165, 1.54) is 64.5 Å². The summed E-state index contributed by atoms with van der Waals surface area (Å²) in [6.07, 6.45) is 11.5. The first-order chi connectivity index (χ1) is 8.25. The molecular weight excluding hydrogens is 208 g/mol. The molecule has 17 heavy (non-hydrogen) atoms. The van der Waals surface area contributed by atoms with Crippen LogP contribution < -0.4 is 5.32 Å². The minimum absolute atomic E-state index is 0.760. The molecule has 0 aromatic carbocycles. The Balaban J connectivity index is 1.53. The van der Waals surface area contributed by atoms with E-state index in [-0.39, 0.29) is 0 Å². The van der Waals surface area contributed by atoms with Crippen molar-refractivity contribution < 1.29 is 0 Å². The van der Waals surface area contributed by atoms with Gasteiger partial charge >= 0.3 is 0 Å². The number of hydrogen-bond acceptors (Lipinski definition) is 2. The number of hydrogen-bond donors (Lipinski definition) is 1. The first-order valence-corrected chi connectivity index (χ1v) is 7.69. The Hall–Kier alpha value is -0.0800. The van der Waals surface area contributed by atoms with Crippen molar-refractivity contribution in [1.29, 1.82) is 0 Å². The number of nitrogens with one attached hydrogen (secondary N) is 1. The van der Waals surface area contributed by atoms with Crippen LogP contribution in [0.3, 0.4) is 0 Å². The number of likely N-dealkylation sites (tertiary alicyclic amines) is 1. The molecule has 2 rings (SSSR count). The van der Waals surface area contributed by atoms with Crippen LogP contribution in [0.4, 0.5) is 0 Å². The summed E-state index contributed by atoms with van der Waals surface area (Å²) < 4.78 is 0. The molecule has 0 aromatic heterocycles. The van der Waals surface area contributed by atoms with Crippen LogP contribution in [0.2, 0.25) is 0 Å². The Kier molecular flexibility index (Phi) is 5.30. The fraction of sp³-hybridized carbons (Fsp3) is 1.00. The largest absolute Gasteiger partial charge is 0.314 e. The third kappa shape index (κ3) is 4.26. The molecule has 0 bridgehead atoms. The van der Waals surface area contributed by atoms with E-state index in [0.29, 0.717) is 0 Å². The van der Waals surface area contributed by atoms with Crippen LogP contribution in [0.1, 0.15) is 58.3 Å². The Morgan fingerprint density at radius 3 is 2.65 bits per heavy atom. The van der Waals surface area contributed by atoms with Gasteiger partial charge in [-0.2, -0.15) is 0 Å². The van der Waals surface area contributed by atoms with E-state index < -0.39 is 0 Å². The standard InChI is InChI=1S/C15H30N2/c1-13-12-15(9-11-17(13)2)16-10-5-8-14-6-3-4-7-14/h13-16H,3-12H2,1-2H3. The first-order valence-electron chi connectivity index (χ1n) is 7.69. The lowest BCUT2D eigenvalue weighted by Crippen LogP contribution is -2.45. The van der Waals surface area contributed by atoms with Gasteiger partial charge in [-0.1, -0.05) is 25.7 Å². The van der Waals surface area contributed by atoms with Gasteiger partial charge in [-0.05, 0) is 58.7 Å². The minimum Gasteiger partial charge on any atom is -0.314 e. The van der Waals surface area contributed by atoms with E-state index in [1.807, 2.05) is 0 Å². The van der Waals surface area contributed by atoms with Crippen LogP contribution in [-0.2, 0) is 0 Å². The zero-order chi connectivity index (χ0) is 12.1. The van der Waals surface area contributed by atoms with Crippen molar-refractivity contribution in [2.75, 3.05) is 20.1 Å². The molecule has 2 fully saturated rings. The van der Waals surface area contributed by atoms with Gasteiger partial charge in [0, 0.05) is 12.1 Å². The van der Waals surface area contributed by atoms with Gasteiger partial charge in [0.1, 0.15) is 0 Å². The fourth-order valence-corrected chi connectivity index (χ4v) is 3.47. The molecule has 1 N–H and O–H groups in total. The molecule has 0 radical (unpaired) electrons. The molecule has 2 unspecified atom stereocenters. The monoisotopic (exact) mass is 238 g/mol. The first kappa shape index (κ1) is 13.4. The van der Waals surface area contributed by atoms with Gasteiger partial charge < -0.3 is 10.2 Å². The highest BCUT2D eigenvalue weighted by atomic mass is 15.1. The molecule has 0 amide bonds. The summed E-state index contributed by atoms with van der Waals surface area (Å²) in [5.74, 6) is 1.06. The lowest BCUT2D eigenvalue weighted by atomic mass is 9.98. The second kappa shape index (κ2) is 6.75. The van der Waals surface area contributed by atoms with Crippen molar-refractivity contribution in [3.8, 4) is 0 Å². The topological polar surface area (TPSA) is 15.3 Å². The van der Waals surface area contributed by atoms with Gasteiger partial charge in [0.2, 0.25) is 0 Å². The molecule has 1 saturated carbocycles. The summed E-state index contributed by atoms with van der Waals surface area (Å²) in [6, 6.07) is 1.54. The maximum atomic E-state index is 3.77. The third-order valence-corrected chi connectivity index (χ3v) is 4.91. The SMILES string of the molecule is CC1CC(NCCCC2CCCC2)CCN1C. The van der Waals surface area contributed by atoms with E-state index in [0.717, 1.165) is 18.0 Å². The van der Waals surface area contributed by atoms with Crippen LogP contribution in [0, 0.1) is 5.92 Å². The van der Waals surface area contributed by atoms with E-state index in [4.69, 9.17) is 0 Å². The number of piperidine rings is 1. The van der Waals surface area contributed by atoms with E-state index in [1.54, 1.807) is 0 Å². The van der Waals surface area contributed by atoms with E-state index in [2.05, 4.69) is 24.2 Å². The molecule has 2 aliphatic rings. The maximum absolute atomic E-state index is 3.77. The molecule has 0 spiro atoms. The molecule has 0 aromatic rings. The second-order valence-electron chi connectivity index (χ2n) is 6.30. The van der Waals surface area contributed by atoms with Gasteiger partial charge in [0.25, 0.3) is 0 Å². The van der Waals surface area contributed by atoms with Gasteiger partial charge in [0.05, 0.1) is 0 Å². The van der Waals surface area contributed by atoms with Crippen LogP contribution in [0.5, 0.6) is 0 Å². The van der Waals surface area contributed by atoms with E-state index in [9.17, 15) is 0 Å². The van der Waals surface area contributed by atoms with Crippen molar-refractivity contribution in [3.63, 3.8) is 0 Å². The molecular formula is C15H30N2. The molecule has 1 heterocycles. The predicted octanol–water partition coefficient (Wildman–Crippen LogP) is 3.03.